The van der Waals surface area contributed by atoms with E-state index in [4.69, 9.17) is 9.97 Å². The third-order valence-corrected chi connectivity index (χ3v) is 9.19. The standard InChI is InChI=1S/C43H29N5O3/c49-29-7-1-25(2-8-29)40-32-13-15-34(45-32)41(26-3-9-30(50)10-4-26)36-17-19-38(47-36)43(28-21-23-44-24-22-28)39-20-18-37(48-39)42(35-16-14-33(40)46-35)27-5-11-31(51)12-6-27/h1-24,45,48-51H. The van der Waals surface area contributed by atoms with E-state index in [-0.39, 0.29) is 17.2 Å². The highest BCUT2D eigenvalue weighted by Gasteiger charge is 2.19. The van der Waals surface area contributed by atoms with Crippen molar-refractivity contribution in [3.63, 3.8) is 0 Å². The molecule has 8 nitrogen and oxygen atoms in total. The Morgan fingerprint density at radius 2 is 0.608 bits per heavy atom. The molecule has 0 spiro atoms. The number of aromatic amines is 2. The fraction of sp³-hybridized carbons (Fsp3) is 0. The van der Waals surface area contributed by atoms with Crippen LogP contribution in [-0.4, -0.2) is 40.2 Å². The summed E-state index contributed by atoms with van der Waals surface area (Å²) in [6.07, 6.45) is 11.6. The zero-order valence-corrected chi connectivity index (χ0v) is 27.0. The predicted octanol–water partition coefficient (Wildman–Crippen LogP) is 9.84. The molecule has 3 aromatic carbocycles. The Labute approximate surface area is 292 Å². The molecule has 9 rings (SSSR count). The monoisotopic (exact) mass is 663 g/mol. The molecule has 2 aliphatic rings. The van der Waals surface area contributed by atoms with Crippen molar-refractivity contribution in [2.24, 2.45) is 0 Å². The molecule has 0 amide bonds. The third kappa shape index (κ3) is 5.41. The number of phenols is 3. The quantitative estimate of drug-likeness (QED) is 0.127. The van der Waals surface area contributed by atoms with Gasteiger partial charge in [-0.05, 0) is 119 Å². The van der Waals surface area contributed by atoms with Gasteiger partial charge in [-0.25, -0.2) is 9.97 Å². The van der Waals surface area contributed by atoms with Crippen LogP contribution in [0.1, 0.15) is 22.8 Å². The molecule has 7 aromatic rings. The van der Waals surface area contributed by atoms with Crippen LogP contribution in [0.25, 0.3) is 90.9 Å². The van der Waals surface area contributed by atoms with Crippen molar-refractivity contribution in [2.75, 3.05) is 0 Å². The fourth-order valence-electron chi connectivity index (χ4n) is 6.82. The van der Waals surface area contributed by atoms with Gasteiger partial charge in [-0.3, -0.25) is 4.98 Å². The number of aromatic hydroxyl groups is 3. The minimum atomic E-state index is 0.172. The molecule has 0 radical (unpaired) electrons. The van der Waals surface area contributed by atoms with Gasteiger partial charge < -0.3 is 25.3 Å². The maximum absolute atomic E-state index is 10.2. The van der Waals surface area contributed by atoms with Gasteiger partial charge in [-0.2, -0.15) is 0 Å². The highest BCUT2D eigenvalue weighted by Crippen LogP contribution is 2.39. The van der Waals surface area contributed by atoms with E-state index in [1.807, 2.05) is 91.0 Å². The van der Waals surface area contributed by atoms with E-state index in [9.17, 15) is 15.3 Å². The van der Waals surface area contributed by atoms with Crippen LogP contribution in [0.15, 0.2) is 122 Å². The van der Waals surface area contributed by atoms with Crippen molar-refractivity contribution in [3.05, 3.63) is 144 Å². The molecule has 8 bridgehead atoms. The van der Waals surface area contributed by atoms with Crippen LogP contribution in [0.3, 0.4) is 0 Å². The highest BCUT2D eigenvalue weighted by atomic mass is 16.3. The predicted molar refractivity (Wildman–Crippen MR) is 203 cm³/mol. The number of nitrogens with zero attached hydrogens (tertiary/aromatic N) is 3. The van der Waals surface area contributed by atoms with Gasteiger partial charge in [0.1, 0.15) is 17.2 Å². The summed E-state index contributed by atoms with van der Waals surface area (Å²) in [5.41, 5.74) is 13.5. The maximum atomic E-state index is 10.2. The van der Waals surface area contributed by atoms with Crippen molar-refractivity contribution in [2.45, 2.75) is 0 Å². The second-order valence-electron chi connectivity index (χ2n) is 12.4. The van der Waals surface area contributed by atoms with Gasteiger partial charge in [0.15, 0.2) is 0 Å². The summed E-state index contributed by atoms with van der Waals surface area (Å²) in [4.78, 5) is 22.1. The molecule has 0 saturated carbocycles. The lowest BCUT2D eigenvalue weighted by Gasteiger charge is -2.07. The molecule has 0 saturated heterocycles. The Morgan fingerprint density at radius 3 is 0.902 bits per heavy atom. The number of fused-ring (bicyclic) bond motifs is 8. The van der Waals surface area contributed by atoms with E-state index < -0.39 is 0 Å². The van der Waals surface area contributed by atoms with Crippen LogP contribution in [-0.2, 0) is 0 Å². The van der Waals surface area contributed by atoms with E-state index in [0.717, 1.165) is 89.4 Å². The normalized spacial score (nSPS) is 12.0. The molecule has 0 atom stereocenters. The molecule has 0 aliphatic carbocycles. The summed E-state index contributed by atoms with van der Waals surface area (Å²) in [6.45, 7) is 0. The number of rotatable bonds is 4. The number of benzene rings is 3. The van der Waals surface area contributed by atoms with Crippen LogP contribution < -0.4 is 0 Å². The molecule has 0 fully saturated rings. The zero-order chi connectivity index (χ0) is 34.5. The van der Waals surface area contributed by atoms with Gasteiger partial charge in [0, 0.05) is 56.7 Å². The average Bonchev–Trinajstić information content (AvgIpc) is 3.99. The third-order valence-electron chi connectivity index (χ3n) is 9.19. The number of phenolic OH excluding ortho intramolecular Hbond substituents is 3. The summed E-state index contributed by atoms with van der Waals surface area (Å²) in [7, 11) is 0. The Morgan fingerprint density at radius 1 is 0.333 bits per heavy atom. The Kier molecular flexibility index (Phi) is 7.07. The van der Waals surface area contributed by atoms with Crippen molar-refractivity contribution >= 4 is 46.4 Å². The molecule has 51 heavy (non-hydrogen) atoms. The molecular weight excluding hydrogens is 635 g/mol. The lowest BCUT2D eigenvalue weighted by molar-refractivity contribution is 0.475. The topological polar surface area (TPSA) is 131 Å². The van der Waals surface area contributed by atoms with Crippen molar-refractivity contribution in [3.8, 4) is 61.8 Å². The van der Waals surface area contributed by atoms with Crippen LogP contribution >= 0.6 is 0 Å². The number of pyridine rings is 1. The molecule has 244 valence electrons. The van der Waals surface area contributed by atoms with Crippen LogP contribution in [0, 0.1) is 0 Å². The fourth-order valence-corrected chi connectivity index (χ4v) is 6.82. The first-order valence-corrected chi connectivity index (χ1v) is 16.4. The first kappa shape index (κ1) is 29.9. The van der Waals surface area contributed by atoms with E-state index >= 15 is 0 Å². The summed E-state index contributed by atoms with van der Waals surface area (Å²) in [5.74, 6) is 0.526. The second-order valence-corrected chi connectivity index (χ2v) is 12.4. The van der Waals surface area contributed by atoms with Crippen LogP contribution in [0.2, 0.25) is 0 Å². The Bertz CT molecular complexity index is 2650. The SMILES string of the molecule is Oc1ccc(-c2c3nc(c(-c4ccc(O)cc4)c4ccc([nH]4)c(-c4ccc(O)cc4)c4nc(c(-c5ccncc5)c5ccc2[nH]5)C=C4)C=C3)cc1. The molecule has 6 heterocycles. The molecular formula is C43H29N5O3. The van der Waals surface area contributed by atoms with Crippen LogP contribution in [0.4, 0.5) is 0 Å². The number of hydrogen-bond acceptors (Lipinski definition) is 6. The summed E-state index contributed by atoms with van der Waals surface area (Å²) in [6, 6.07) is 33.5. The number of H-pyrrole nitrogens is 2. The van der Waals surface area contributed by atoms with E-state index in [2.05, 4.69) is 21.0 Å². The van der Waals surface area contributed by atoms with Crippen molar-refractivity contribution in [1.82, 2.24) is 24.9 Å². The maximum Gasteiger partial charge on any atom is 0.115 e. The smallest absolute Gasteiger partial charge is 0.115 e. The number of nitrogens with one attached hydrogen (secondary N) is 2. The largest absolute Gasteiger partial charge is 0.508 e. The molecule has 0 unspecified atom stereocenters. The van der Waals surface area contributed by atoms with Gasteiger partial charge in [0.05, 0.1) is 22.8 Å². The summed E-state index contributed by atoms with van der Waals surface area (Å²) >= 11 is 0. The molecule has 2 aliphatic heterocycles. The summed E-state index contributed by atoms with van der Waals surface area (Å²) < 4.78 is 0. The number of aromatic nitrogens is 5. The molecule has 8 heteroatoms. The molecule has 4 aromatic heterocycles. The van der Waals surface area contributed by atoms with Crippen LogP contribution in [0.5, 0.6) is 17.2 Å². The second kappa shape index (κ2) is 12.0. The Hall–Kier alpha value is -7.19. The minimum Gasteiger partial charge on any atom is -0.508 e. The lowest BCUT2D eigenvalue weighted by atomic mass is 10.0. The van der Waals surface area contributed by atoms with E-state index in [0.29, 0.717) is 0 Å². The highest BCUT2D eigenvalue weighted by molar-refractivity contribution is 5.99. The van der Waals surface area contributed by atoms with Gasteiger partial charge in [0.25, 0.3) is 0 Å². The van der Waals surface area contributed by atoms with Crippen molar-refractivity contribution in [1.29, 1.82) is 0 Å². The average molecular weight is 664 g/mol. The minimum absolute atomic E-state index is 0.172. The molecule has 5 N–H and O–H groups in total. The van der Waals surface area contributed by atoms with Gasteiger partial charge >= 0.3 is 0 Å². The number of hydrogen-bond donors (Lipinski definition) is 5. The Balaban J connectivity index is 1.47. The summed E-state index contributed by atoms with van der Waals surface area (Å²) in [5, 5.41) is 30.5. The van der Waals surface area contributed by atoms with Gasteiger partial charge in [-0.1, -0.05) is 36.4 Å². The van der Waals surface area contributed by atoms with Gasteiger partial charge in [0.2, 0.25) is 0 Å². The lowest BCUT2D eigenvalue weighted by Crippen LogP contribution is -1.89. The zero-order valence-electron chi connectivity index (χ0n) is 27.0. The van der Waals surface area contributed by atoms with E-state index in [1.54, 1.807) is 48.8 Å². The first-order chi connectivity index (χ1) is 25.0. The van der Waals surface area contributed by atoms with Crippen molar-refractivity contribution < 1.29 is 15.3 Å². The van der Waals surface area contributed by atoms with Gasteiger partial charge in [-0.15, -0.1) is 0 Å². The van der Waals surface area contributed by atoms with E-state index in [1.165, 1.54) is 0 Å². The first-order valence-electron chi connectivity index (χ1n) is 16.4.